The van der Waals surface area contributed by atoms with Gasteiger partial charge in [-0.15, -0.1) is 5.10 Å². The Balaban J connectivity index is 2.85. The highest BCUT2D eigenvalue weighted by Gasteiger charge is 2.14. The molecule has 0 radical (unpaired) electrons. The lowest BCUT2D eigenvalue weighted by Gasteiger charge is -2.12. The quantitative estimate of drug-likeness (QED) is 0.803. The van der Waals surface area contributed by atoms with Gasteiger partial charge in [0.15, 0.2) is 0 Å². The number of hydrogen-bond donors (Lipinski definition) is 1. The number of nitrogens with zero attached hydrogens (tertiary/aromatic N) is 3. The van der Waals surface area contributed by atoms with E-state index in [1.807, 2.05) is 4.68 Å². The Morgan fingerprint density at radius 2 is 1.88 bits per heavy atom. The molecule has 0 unspecified atom stereocenters. The minimum Gasteiger partial charge on any atom is -0.330 e. The van der Waals surface area contributed by atoms with E-state index in [4.69, 9.17) is 5.73 Å². The summed E-state index contributed by atoms with van der Waals surface area (Å²) in [7, 11) is 0. The van der Waals surface area contributed by atoms with Gasteiger partial charge in [0.05, 0.1) is 11.4 Å². The van der Waals surface area contributed by atoms with Gasteiger partial charge in [-0.05, 0) is 39.2 Å². The SMILES string of the molecule is CC(C)CCc1c(CCN)nnn1C(C)C. The van der Waals surface area contributed by atoms with Gasteiger partial charge in [0, 0.05) is 12.5 Å². The summed E-state index contributed by atoms with van der Waals surface area (Å²) in [6, 6.07) is 0.376. The lowest BCUT2D eigenvalue weighted by molar-refractivity contribution is 0.478. The largest absolute Gasteiger partial charge is 0.330 e. The Labute approximate surface area is 98.2 Å². The maximum Gasteiger partial charge on any atom is 0.0871 e. The number of nitrogens with two attached hydrogens (primary N) is 1. The molecule has 0 aliphatic rings. The van der Waals surface area contributed by atoms with E-state index in [0.717, 1.165) is 18.5 Å². The van der Waals surface area contributed by atoms with E-state index >= 15 is 0 Å². The number of rotatable bonds is 6. The van der Waals surface area contributed by atoms with Gasteiger partial charge in [-0.1, -0.05) is 19.1 Å². The van der Waals surface area contributed by atoms with Crippen LogP contribution in [0.5, 0.6) is 0 Å². The minimum atomic E-state index is 0.376. The zero-order valence-electron chi connectivity index (χ0n) is 10.9. The molecular weight excluding hydrogens is 200 g/mol. The van der Waals surface area contributed by atoms with Gasteiger partial charge >= 0.3 is 0 Å². The topological polar surface area (TPSA) is 56.7 Å². The first kappa shape index (κ1) is 13.2. The second-order valence-corrected chi connectivity index (χ2v) is 4.99. The van der Waals surface area contributed by atoms with Gasteiger partial charge in [-0.3, -0.25) is 0 Å². The van der Waals surface area contributed by atoms with Crippen LogP contribution in [-0.2, 0) is 12.8 Å². The fraction of sp³-hybridized carbons (Fsp3) is 0.833. The summed E-state index contributed by atoms with van der Waals surface area (Å²) >= 11 is 0. The first-order valence-electron chi connectivity index (χ1n) is 6.19. The van der Waals surface area contributed by atoms with Crippen LogP contribution in [0, 0.1) is 5.92 Å². The fourth-order valence-electron chi connectivity index (χ4n) is 1.78. The second kappa shape index (κ2) is 5.99. The summed E-state index contributed by atoms with van der Waals surface area (Å²) in [6.07, 6.45) is 3.07. The van der Waals surface area contributed by atoms with Crippen molar-refractivity contribution in [3.05, 3.63) is 11.4 Å². The Hall–Kier alpha value is -0.900. The minimum absolute atomic E-state index is 0.376. The van der Waals surface area contributed by atoms with Gasteiger partial charge < -0.3 is 5.73 Å². The van der Waals surface area contributed by atoms with Crippen LogP contribution in [0.4, 0.5) is 0 Å². The van der Waals surface area contributed by atoms with Crippen molar-refractivity contribution < 1.29 is 0 Å². The van der Waals surface area contributed by atoms with E-state index in [1.54, 1.807) is 0 Å². The van der Waals surface area contributed by atoms with E-state index < -0.39 is 0 Å². The Bertz CT molecular complexity index is 315. The van der Waals surface area contributed by atoms with Crippen LogP contribution in [0.25, 0.3) is 0 Å². The fourth-order valence-corrected chi connectivity index (χ4v) is 1.78. The first-order valence-corrected chi connectivity index (χ1v) is 6.19. The normalized spacial score (nSPS) is 11.7. The van der Waals surface area contributed by atoms with Gasteiger partial charge in [0.2, 0.25) is 0 Å². The van der Waals surface area contributed by atoms with Crippen LogP contribution in [0.1, 0.15) is 51.5 Å². The Morgan fingerprint density at radius 3 is 2.38 bits per heavy atom. The average Bonchev–Trinajstić information content (AvgIpc) is 2.58. The Morgan fingerprint density at radius 1 is 1.19 bits per heavy atom. The molecule has 0 atom stereocenters. The molecule has 0 aromatic carbocycles. The average molecular weight is 224 g/mol. The zero-order chi connectivity index (χ0) is 12.1. The molecule has 4 nitrogen and oxygen atoms in total. The predicted molar refractivity (Wildman–Crippen MR) is 66.3 cm³/mol. The zero-order valence-corrected chi connectivity index (χ0v) is 10.9. The summed E-state index contributed by atoms with van der Waals surface area (Å²) in [4.78, 5) is 0. The summed E-state index contributed by atoms with van der Waals surface area (Å²) in [5.74, 6) is 0.709. The highest BCUT2D eigenvalue weighted by molar-refractivity contribution is 5.11. The van der Waals surface area contributed by atoms with Crippen molar-refractivity contribution in [2.24, 2.45) is 11.7 Å². The standard InChI is InChI=1S/C12H24N4/c1-9(2)5-6-12-11(7-8-13)14-15-16(12)10(3)4/h9-10H,5-8,13H2,1-4H3. The van der Waals surface area contributed by atoms with E-state index in [9.17, 15) is 0 Å². The first-order chi connectivity index (χ1) is 7.56. The van der Waals surface area contributed by atoms with Crippen LogP contribution in [0.2, 0.25) is 0 Å². The molecule has 0 saturated heterocycles. The maximum atomic E-state index is 5.59. The van der Waals surface area contributed by atoms with Crippen molar-refractivity contribution in [3.8, 4) is 0 Å². The summed E-state index contributed by atoms with van der Waals surface area (Å²) in [6.45, 7) is 9.41. The van der Waals surface area contributed by atoms with Gasteiger partial charge in [-0.25, -0.2) is 4.68 Å². The Kier molecular flexibility index (Phi) is 4.93. The van der Waals surface area contributed by atoms with Crippen molar-refractivity contribution in [1.29, 1.82) is 0 Å². The number of hydrogen-bond acceptors (Lipinski definition) is 3. The van der Waals surface area contributed by atoms with E-state index in [0.29, 0.717) is 18.5 Å². The maximum absolute atomic E-state index is 5.59. The smallest absolute Gasteiger partial charge is 0.0871 e. The third-order valence-corrected chi connectivity index (χ3v) is 2.70. The molecule has 1 aromatic rings. The van der Waals surface area contributed by atoms with Gasteiger partial charge in [-0.2, -0.15) is 0 Å². The van der Waals surface area contributed by atoms with Gasteiger partial charge in [0.25, 0.3) is 0 Å². The van der Waals surface area contributed by atoms with E-state index in [1.165, 1.54) is 12.1 Å². The molecule has 0 aliphatic carbocycles. The van der Waals surface area contributed by atoms with Crippen molar-refractivity contribution in [3.63, 3.8) is 0 Å². The van der Waals surface area contributed by atoms with Gasteiger partial charge in [0.1, 0.15) is 0 Å². The molecule has 0 bridgehead atoms. The van der Waals surface area contributed by atoms with Crippen molar-refractivity contribution in [2.45, 2.75) is 53.0 Å². The molecule has 0 saturated carbocycles. The molecule has 0 aliphatic heterocycles. The van der Waals surface area contributed by atoms with E-state index in [2.05, 4.69) is 38.0 Å². The molecule has 2 N–H and O–H groups in total. The van der Waals surface area contributed by atoms with Crippen LogP contribution in [0.15, 0.2) is 0 Å². The molecular formula is C12H24N4. The molecule has 0 spiro atoms. The van der Waals surface area contributed by atoms with E-state index in [-0.39, 0.29) is 0 Å². The molecule has 4 heteroatoms. The van der Waals surface area contributed by atoms with Crippen molar-refractivity contribution in [2.75, 3.05) is 6.54 Å². The highest BCUT2D eigenvalue weighted by Crippen LogP contribution is 2.16. The molecule has 0 amide bonds. The van der Waals surface area contributed by atoms with Crippen LogP contribution in [-0.4, -0.2) is 21.5 Å². The lowest BCUT2D eigenvalue weighted by atomic mass is 10.0. The molecule has 1 heterocycles. The molecule has 1 rings (SSSR count). The molecule has 1 aromatic heterocycles. The van der Waals surface area contributed by atoms with Crippen molar-refractivity contribution in [1.82, 2.24) is 15.0 Å². The van der Waals surface area contributed by atoms with Crippen molar-refractivity contribution >= 4 is 0 Å². The third-order valence-electron chi connectivity index (χ3n) is 2.70. The van der Waals surface area contributed by atoms with Crippen LogP contribution >= 0.6 is 0 Å². The summed E-state index contributed by atoms with van der Waals surface area (Å²) < 4.78 is 2.04. The predicted octanol–water partition coefficient (Wildman–Crippen LogP) is 1.95. The number of aromatic nitrogens is 3. The molecule has 0 fully saturated rings. The molecule has 92 valence electrons. The third kappa shape index (κ3) is 3.30. The van der Waals surface area contributed by atoms with Crippen LogP contribution < -0.4 is 5.73 Å². The van der Waals surface area contributed by atoms with Crippen LogP contribution in [0.3, 0.4) is 0 Å². The second-order valence-electron chi connectivity index (χ2n) is 4.99. The summed E-state index contributed by atoms with van der Waals surface area (Å²) in [5, 5.41) is 8.46. The monoisotopic (exact) mass is 224 g/mol. The lowest BCUT2D eigenvalue weighted by Crippen LogP contribution is -2.11. The summed E-state index contributed by atoms with van der Waals surface area (Å²) in [5.41, 5.74) is 7.95. The highest BCUT2D eigenvalue weighted by atomic mass is 15.4. The molecule has 16 heavy (non-hydrogen) atoms.